The number of carbonyl (C=O) groups is 1. The molecule has 0 bridgehead atoms. The summed E-state index contributed by atoms with van der Waals surface area (Å²) < 4.78 is 5.69. The molecule has 122 valence electrons. The molecule has 2 rings (SSSR count). The highest BCUT2D eigenvalue weighted by Crippen LogP contribution is 2.22. The molecule has 2 unspecified atom stereocenters. The zero-order chi connectivity index (χ0) is 16.8. The Hall–Kier alpha value is -2.29. The molecule has 2 aromatic carbocycles. The monoisotopic (exact) mass is 311 g/mol. The van der Waals surface area contributed by atoms with Crippen LogP contribution in [0.2, 0.25) is 0 Å². The van der Waals surface area contributed by atoms with Crippen molar-refractivity contribution < 1.29 is 9.53 Å². The van der Waals surface area contributed by atoms with E-state index >= 15 is 0 Å². The number of ether oxygens (including phenoxy) is 1. The maximum absolute atomic E-state index is 12.4. The Bertz CT molecular complexity index is 652. The van der Waals surface area contributed by atoms with Gasteiger partial charge in [-0.15, -0.1) is 0 Å². The lowest BCUT2D eigenvalue weighted by atomic mass is 9.97. The molecule has 2 aromatic rings. The summed E-state index contributed by atoms with van der Waals surface area (Å²) in [5.74, 6) is 0.607. The van der Waals surface area contributed by atoms with Gasteiger partial charge in [0, 0.05) is 0 Å². The quantitative estimate of drug-likeness (QED) is 0.862. The van der Waals surface area contributed by atoms with E-state index in [4.69, 9.17) is 4.74 Å². The smallest absolute Gasteiger partial charge is 0.261 e. The van der Waals surface area contributed by atoms with E-state index in [-0.39, 0.29) is 11.9 Å². The summed E-state index contributed by atoms with van der Waals surface area (Å²) in [4.78, 5) is 12.4. The number of aryl methyl sites for hydroxylation is 2. The van der Waals surface area contributed by atoms with E-state index in [1.807, 2.05) is 30.3 Å². The SMILES string of the molecule is CCC(NC(=O)C(C)Oc1ccccc1)c1ccc(C)cc1C. The topological polar surface area (TPSA) is 38.3 Å². The zero-order valence-electron chi connectivity index (χ0n) is 14.3. The molecule has 0 aliphatic heterocycles. The van der Waals surface area contributed by atoms with E-state index < -0.39 is 6.10 Å². The highest BCUT2D eigenvalue weighted by molar-refractivity contribution is 5.81. The van der Waals surface area contributed by atoms with Crippen LogP contribution in [0.15, 0.2) is 48.5 Å². The van der Waals surface area contributed by atoms with Gasteiger partial charge in [0.15, 0.2) is 6.10 Å². The van der Waals surface area contributed by atoms with E-state index in [0.29, 0.717) is 5.75 Å². The van der Waals surface area contributed by atoms with Gasteiger partial charge in [-0.25, -0.2) is 0 Å². The number of carbonyl (C=O) groups excluding carboxylic acids is 1. The first-order valence-electron chi connectivity index (χ1n) is 8.10. The molecule has 3 heteroatoms. The fourth-order valence-corrected chi connectivity index (χ4v) is 2.66. The minimum Gasteiger partial charge on any atom is -0.481 e. The Morgan fingerprint density at radius 2 is 1.83 bits per heavy atom. The van der Waals surface area contributed by atoms with E-state index in [0.717, 1.165) is 6.42 Å². The average molecular weight is 311 g/mol. The Balaban J connectivity index is 2.04. The predicted octanol–water partition coefficient (Wildman–Crippen LogP) is 4.34. The molecule has 0 saturated carbocycles. The Kier molecular flexibility index (Phi) is 5.80. The second kappa shape index (κ2) is 7.82. The number of amides is 1. The van der Waals surface area contributed by atoms with Crippen molar-refractivity contribution in [3.05, 3.63) is 65.2 Å². The van der Waals surface area contributed by atoms with E-state index in [1.165, 1.54) is 16.7 Å². The summed E-state index contributed by atoms with van der Waals surface area (Å²) in [6, 6.07) is 15.7. The fraction of sp³-hybridized carbons (Fsp3) is 0.350. The van der Waals surface area contributed by atoms with Gasteiger partial charge < -0.3 is 10.1 Å². The highest BCUT2D eigenvalue weighted by Gasteiger charge is 2.20. The normalized spacial score (nSPS) is 13.2. The Labute approximate surface area is 138 Å². The maximum atomic E-state index is 12.4. The van der Waals surface area contributed by atoms with Crippen LogP contribution in [-0.4, -0.2) is 12.0 Å². The zero-order valence-corrected chi connectivity index (χ0v) is 14.3. The highest BCUT2D eigenvalue weighted by atomic mass is 16.5. The van der Waals surface area contributed by atoms with Crippen LogP contribution in [0.5, 0.6) is 5.75 Å². The van der Waals surface area contributed by atoms with Gasteiger partial charge >= 0.3 is 0 Å². The number of hydrogen-bond acceptors (Lipinski definition) is 2. The predicted molar refractivity (Wildman–Crippen MR) is 93.6 cm³/mol. The summed E-state index contributed by atoms with van der Waals surface area (Å²) >= 11 is 0. The lowest BCUT2D eigenvalue weighted by Crippen LogP contribution is -2.38. The number of para-hydroxylation sites is 1. The summed E-state index contributed by atoms with van der Waals surface area (Å²) in [5.41, 5.74) is 3.60. The van der Waals surface area contributed by atoms with Gasteiger partial charge in [0.05, 0.1) is 6.04 Å². The van der Waals surface area contributed by atoms with Crippen molar-refractivity contribution in [3.63, 3.8) is 0 Å². The molecule has 0 aliphatic rings. The number of benzene rings is 2. The van der Waals surface area contributed by atoms with Crippen molar-refractivity contribution >= 4 is 5.91 Å². The van der Waals surface area contributed by atoms with Crippen LogP contribution >= 0.6 is 0 Å². The van der Waals surface area contributed by atoms with Crippen LogP contribution in [-0.2, 0) is 4.79 Å². The van der Waals surface area contributed by atoms with Crippen LogP contribution in [0.3, 0.4) is 0 Å². The summed E-state index contributed by atoms with van der Waals surface area (Å²) in [6.07, 6.45) is 0.311. The van der Waals surface area contributed by atoms with Crippen LogP contribution in [0.4, 0.5) is 0 Å². The standard InChI is InChI=1S/C20H25NO2/c1-5-19(18-12-11-14(2)13-15(18)3)21-20(22)16(4)23-17-9-7-6-8-10-17/h6-13,16,19H,5H2,1-4H3,(H,21,22). The Morgan fingerprint density at radius 1 is 1.13 bits per heavy atom. The van der Waals surface area contributed by atoms with Gasteiger partial charge in [0.2, 0.25) is 0 Å². The van der Waals surface area contributed by atoms with Gasteiger partial charge in [-0.1, -0.05) is 48.9 Å². The van der Waals surface area contributed by atoms with Crippen LogP contribution in [0.1, 0.15) is 43.0 Å². The van der Waals surface area contributed by atoms with Gasteiger partial charge in [-0.3, -0.25) is 4.79 Å². The van der Waals surface area contributed by atoms with Gasteiger partial charge in [-0.2, -0.15) is 0 Å². The molecule has 2 atom stereocenters. The first-order chi connectivity index (χ1) is 11.0. The largest absolute Gasteiger partial charge is 0.481 e. The molecule has 23 heavy (non-hydrogen) atoms. The molecule has 0 radical (unpaired) electrons. The van der Waals surface area contributed by atoms with Gasteiger partial charge in [0.25, 0.3) is 5.91 Å². The third-order valence-electron chi connectivity index (χ3n) is 3.95. The third-order valence-corrected chi connectivity index (χ3v) is 3.95. The molecule has 0 aliphatic carbocycles. The lowest BCUT2D eigenvalue weighted by molar-refractivity contribution is -0.128. The van der Waals surface area contributed by atoms with Crippen molar-refractivity contribution in [2.24, 2.45) is 0 Å². The van der Waals surface area contributed by atoms with Crippen molar-refractivity contribution in [2.75, 3.05) is 0 Å². The van der Waals surface area contributed by atoms with Crippen LogP contribution < -0.4 is 10.1 Å². The molecule has 3 nitrogen and oxygen atoms in total. The minimum absolute atomic E-state index is 0.00456. The van der Waals surface area contributed by atoms with Crippen molar-refractivity contribution in [1.29, 1.82) is 0 Å². The number of rotatable bonds is 6. The molecular weight excluding hydrogens is 286 g/mol. The van der Waals surface area contributed by atoms with E-state index in [1.54, 1.807) is 6.92 Å². The number of nitrogens with one attached hydrogen (secondary N) is 1. The van der Waals surface area contributed by atoms with Gasteiger partial charge in [0.1, 0.15) is 5.75 Å². The molecule has 0 aromatic heterocycles. The first-order valence-corrected chi connectivity index (χ1v) is 8.10. The molecule has 0 saturated heterocycles. The summed E-state index contributed by atoms with van der Waals surface area (Å²) in [7, 11) is 0. The first kappa shape index (κ1) is 17.1. The van der Waals surface area contributed by atoms with Crippen LogP contribution in [0.25, 0.3) is 0 Å². The molecule has 0 spiro atoms. The molecule has 0 fully saturated rings. The van der Waals surface area contributed by atoms with Crippen LogP contribution in [0, 0.1) is 13.8 Å². The second-order valence-electron chi connectivity index (χ2n) is 5.90. The maximum Gasteiger partial charge on any atom is 0.261 e. The molecule has 1 amide bonds. The third kappa shape index (κ3) is 4.59. The number of hydrogen-bond donors (Lipinski definition) is 1. The van der Waals surface area contributed by atoms with Crippen molar-refractivity contribution in [2.45, 2.75) is 46.3 Å². The van der Waals surface area contributed by atoms with E-state index in [9.17, 15) is 4.79 Å². The van der Waals surface area contributed by atoms with Crippen molar-refractivity contribution in [3.8, 4) is 5.75 Å². The molecule has 0 heterocycles. The van der Waals surface area contributed by atoms with Crippen molar-refractivity contribution in [1.82, 2.24) is 5.32 Å². The molecule has 1 N–H and O–H groups in total. The van der Waals surface area contributed by atoms with Gasteiger partial charge in [-0.05, 0) is 50.5 Å². The van der Waals surface area contributed by atoms with E-state index in [2.05, 4.69) is 44.3 Å². The summed E-state index contributed by atoms with van der Waals surface area (Å²) in [5, 5.41) is 3.10. The summed E-state index contributed by atoms with van der Waals surface area (Å²) in [6.45, 7) is 8.01. The fourth-order valence-electron chi connectivity index (χ4n) is 2.66. The lowest BCUT2D eigenvalue weighted by Gasteiger charge is -2.22. The Morgan fingerprint density at radius 3 is 2.43 bits per heavy atom. The second-order valence-corrected chi connectivity index (χ2v) is 5.90. The molecular formula is C20H25NO2. The minimum atomic E-state index is -0.530. The average Bonchev–Trinajstić information content (AvgIpc) is 2.54.